The monoisotopic (exact) mass is 503 g/mol. The van der Waals surface area contributed by atoms with Gasteiger partial charge in [-0.05, 0) is 78.9 Å². The molecule has 0 aromatic heterocycles. The van der Waals surface area contributed by atoms with Crippen molar-refractivity contribution in [2.75, 3.05) is 16.6 Å². The minimum atomic E-state index is -3.81. The molecule has 0 radical (unpaired) electrons. The van der Waals surface area contributed by atoms with Gasteiger partial charge in [0.05, 0.1) is 17.2 Å². The lowest BCUT2D eigenvalue weighted by atomic mass is 10.1. The van der Waals surface area contributed by atoms with Gasteiger partial charge in [0.2, 0.25) is 0 Å². The molecule has 0 unspecified atom stereocenters. The molecular formula is C28H29N3O4S. The molecule has 0 aliphatic rings. The molecule has 3 aromatic rings. The van der Waals surface area contributed by atoms with Crippen LogP contribution in [0.3, 0.4) is 0 Å². The Labute approximate surface area is 212 Å². The van der Waals surface area contributed by atoms with Crippen LogP contribution in [0.1, 0.15) is 30.5 Å². The molecule has 3 aromatic carbocycles. The maximum atomic E-state index is 12.8. The van der Waals surface area contributed by atoms with E-state index in [4.69, 9.17) is 4.74 Å². The first-order valence-corrected chi connectivity index (χ1v) is 12.9. The Morgan fingerprint density at radius 3 is 2.17 bits per heavy atom. The highest BCUT2D eigenvalue weighted by atomic mass is 32.2. The highest BCUT2D eigenvalue weighted by Crippen LogP contribution is 2.24. The predicted octanol–water partition coefficient (Wildman–Crippen LogP) is 5.68. The number of hydrogen-bond donors (Lipinski definition) is 2. The van der Waals surface area contributed by atoms with Gasteiger partial charge < -0.3 is 10.1 Å². The van der Waals surface area contributed by atoms with Gasteiger partial charge in [-0.3, -0.25) is 9.52 Å². The number of sulfonamides is 1. The molecule has 8 heteroatoms. The average Bonchev–Trinajstić information content (AvgIpc) is 2.84. The summed E-state index contributed by atoms with van der Waals surface area (Å²) in [5.74, 6) is 0.522. The Balaban J connectivity index is 1.69. The summed E-state index contributed by atoms with van der Waals surface area (Å²) in [5, 5.41) is 12.1. The van der Waals surface area contributed by atoms with Crippen molar-refractivity contribution in [3.8, 4) is 11.8 Å². The number of aryl methyl sites for hydroxylation is 2. The first-order chi connectivity index (χ1) is 17.1. The number of nitrogens with zero attached hydrogens (tertiary/aromatic N) is 1. The van der Waals surface area contributed by atoms with E-state index in [2.05, 4.69) is 23.9 Å². The third-order valence-corrected chi connectivity index (χ3v) is 6.65. The van der Waals surface area contributed by atoms with E-state index in [1.165, 1.54) is 30.3 Å². The minimum absolute atomic E-state index is 0.0546. The Kier molecular flexibility index (Phi) is 8.51. The molecule has 7 nitrogen and oxygen atoms in total. The number of nitrogens with one attached hydrogen (secondary N) is 2. The van der Waals surface area contributed by atoms with Crippen molar-refractivity contribution < 1.29 is 17.9 Å². The van der Waals surface area contributed by atoms with Gasteiger partial charge in [0.25, 0.3) is 15.9 Å². The Morgan fingerprint density at radius 1 is 1.00 bits per heavy atom. The fourth-order valence-electron chi connectivity index (χ4n) is 3.32. The third-order valence-electron chi connectivity index (χ3n) is 5.28. The number of benzene rings is 3. The Hall–Kier alpha value is -4.09. The van der Waals surface area contributed by atoms with Crippen LogP contribution in [0.15, 0.2) is 77.2 Å². The second-order valence-electron chi connectivity index (χ2n) is 8.79. The van der Waals surface area contributed by atoms with E-state index in [9.17, 15) is 18.5 Å². The van der Waals surface area contributed by atoms with Crippen molar-refractivity contribution in [1.82, 2.24) is 0 Å². The molecule has 0 atom stereocenters. The normalized spacial score (nSPS) is 11.6. The second-order valence-corrected chi connectivity index (χ2v) is 10.5. The molecule has 3 rings (SSSR count). The summed E-state index contributed by atoms with van der Waals surface area (Å²) in [4.78, 5) is 12.7. The number of anilines is 2. The molecule has 186 valence electrons. The number of nitriles is 1. The summed E-state index contributed by atoms with van der Waals surface area (Å²) >= 11 is 0. The number of amides is 1. The maximum Gasteiger partial charge on any atom is 0.266 e. The van der Waals surface area contributed by atoms with Gasteiger partial charge in [0.1, 0.15) is 17.4 Å². The number of carbonyl (C=O) groups excluding carboxylic acids is 1. The molecule has 0 aliphatic carbocycles. The number of para-hydroxylation sites is 1. The van der Waals surface area contributed by atoms with Gasteiger partial charge in [0, 0.05) is 5.69 Å². The average molecular weight is 504 g/mol. The number of hydrogen-bond acceptors (Lipinski definition) is 5. The van der Waals surface area contributed by atoms with Crippen LogP contribution in [0.25, 0.3) is 6.08 Å². The van der Waals surface area contributed by atoms with Crippen LogP contribution < -0.4 is 14.8 Å². The van der Waals surface area contributed by atoms with E-state index in [0.717, 1.165) is 11.1 Å². The number of ether oxygens (including phenoxy) is 1. The number of rotatable bonds is 9. The topological polar surface area (TPSA) is 108 Å². The molecule has 0 heterocycles. The standard InChI is InChI=1S/C28H29N3O4S/c1-19(2)18-35-25-12-8-22(9-13-25)16-23(17-29)28(32)30-24-10-14-26(15-11-24)36(33,34)31-27-20(3)6-5-7-21(27)4/h5-16,19,31H,18H2,1-4H3,(H,30,32)/b23-16+. The fraction of sp³-hybridized carbons (Fsp3) is 0.214. The quantitative estimate of drug-likeness (QED) is 0.288. The zero-order valence-electron chi connectivity index (χ0n) is 20.7. The highest BCUT2D eigenvalue weighted by Gasteiger charge is 2.17. The van der Waals surface area contributed by atoms with Crippen LogP contribution in [0, 0.1) is 31.1 Å². The van der Waals surface area contributed by atoms with Crippen molar-refractivity contribution in [1.29, 1.82) is 5.26 Å². The summed E-state index contributed by atoms with van der Waals surface area (Å²) < 4.78 is 33.9. The summed E-state index contributed by atoms with van der Waals surface area (Å²) in [6.07, 6.45) is 1.48. The molecule has 0 saturated heterocycles. The van der Waals surface area contributed by atoms with Crippen molar-refractivity contribution in [2.45, 2.75) is 32.6 Å². The second kappa shape index (κ2) is 11.6. The Morgan fingerprint density at radius 2 is 1.61 bits per heavy atom. The smallest absolute Gasteiger partial charge is 0.266 e. The van der Waals surface area contributed by atoms with Gasteiger partial charge >= 0.3 is 0 Å². The molecular weight excluding hydrogens is 474 g/mol. The molecule has 0 saturated carbocycles. The summed E-state index contributed by atoms with van der Waals surface area (Å²) in [7, 11) is -3.81. The van der Waals surface area contributed by atoms with Gasteiger partial charge in [-0.2, -0.15) is 5.26 Å². The highest BCUT2D eigenvalue weighted by molar-refractivity contribution is 7.92. The van der Waals surface area contributed by atoms with Crippen LogP contribution in [0.4, 0.5) is 11.4 Å². The molecule has 1 amide bonds. The predicted molar refractivity (Wildman–Crippen MR) is 142 cm³/mol. The van der Waals surface area contributed by atoms with Crippen LogP contribution in [-0.2, 0) is 14.8 Å². The first-order valence-electron chi connectivity index (χ1n) is 11.4. The van der Waals surface area contributed by atoms with Crippen molar-refractivity contribution in [2.24, 2.45) is 5.92 Å². The lowest BCUT2D eigenvalue weighted by molar-refractivity contribution is -0.112. The van der Waals surface area contributed by atoms with Crippen molar-refractivity contribution >= 4 is 33.4 Å². The van der Waals surface area contributed by atoms with E-state index in [1.807, 2.05) is 38.1 Å². The molecule has 0 aliphatic heterocycles. The molecule has 0 fully saturated rings. The van der Waals surface area contributed by atoms with Crippen LogP contribution in [-0.4, -0.2) is 20.9 Å². The third kappa shape index (κ3) is 6.96. The van der Waals surface area contributed by atoms with Crippen LogP contribution in [0.2, 0.25) is 0 Å². The van der Waals surface area contributed by atoms with Gasteiger partial charge in [-0.15, -0.1) is 0 Å². The summed E-state index contributed by atoms with van der Waals surface area (Å²) in [5.41, 5.74) is 3.13. The van der Waals surface area contributed by atoms with E-state index in [-0.39, 0.29) is 10.5 Å². The van der Waals surface area contributed by atoms with E-state index in [0.29, 0.717) is 35.2 Å². The molecule has 0 spiro atoms. The summed E-state index contributed by atoms with van der Waals surface area (Å²) in [6.45, 7) is 8.38. The van der Waals surface area contributed by atoms with Gasteiger partial charge in [-0.25, -0.2) is 8.42 Å². The molecule has 0 bridgehead atoms. The zero-order chi connectivity index (χ0) is 26.3. The lowest BCUT2D eigenvalue weighted by Crippen LogP contribution is -2.16. The van der Waals surface area contributed by atoms with Crippen molar-refractivity contribution in [3.63, 3.8) is 0 Å². The van der Waals surface area contributed by atoms with Gasteiger partial charge in [0.15, 0.2) is 0 Å². The van der Waals surface area contributed by atoms with Gasteiger partial charge in [-0.1, -0.05) is 44.2 Å². The zero-order valence-corrected chi connectivity index (χ0v) is 21.5. The van der Waals surface area contributed by atoms with Crippen LogP contribution in [0.5, 0.6) is 5.75 Å². The van der Waals surface area contributed by atoms with Crippen molar-refractivity contribution in [3.05, 3.63) is 89.0 Å². The van der Waals surface area contributed by atoms with E-state index >= 15 is 0 Å². The Bertz CT molecular complexity index is 1380. The minimum Gasteiger partial charge on any atom is -0.493 e. The summed E-state index contributed by atoms with van der Waals surface area (Å²) in [6, 6.07) is 20.3. The molecule has 2 N–H and O–H groups in total. The van der Waals surface area contributed by atoms with E-state index in [1.54, 1.807) is 24.3 Å². The first kappa shape index (κ1) is 26.5. The largest absolute Gasteiger partial charge is 0.493 e. The SMILES string of the molecule is Cc1cccc(C)c1NS(=O)(=O)c1ccc(NC(=O)/C(C#N)=C/c2ccc(OCC(C)C)cc2)cc1. The fourth-order valence-corrected chi connectivity index (χ4v) is 4.53. The lowest BCUT2D eigenvalue weighted by Gasteiger charge is -2.13. The number of carbonyl (C=O) groups is 1. The van der Waals surface area contributed by atoms with Crippen LogP contribution >= 0.6 is 0 Å². The molecule has 36 heavy (non-hydrogen) atoms. The maximum absolute atomic E-state index is 12.8. The van der Waals surface area contributed by atoms with E-state index < -0.39 is 15.9 Å².